The van der Waals surface area contributed by atoms with Gasteiger partial charge in [0.15, 0.2) is 0 Å². The van der Waals surface area contributed by atoms with Crippen LogP contribution in [-0.4, -0.2) is 32.1 Å². The van der Waals surface area contributed by atoms with Gasteiger partial charge in [-0.05, 0) is 99.3 Å². The summed E-state index contributed by atoms with van der Waals surface area (Å²) in [5.74, 6) is 0.882. The first kappa shape index (κ1) is 33.4. The van der Waals surface area contributed by atoms with Gasteiger partial charge in [0.25, 0.3) is 0 Å². The number of hydrogen-bond acceptors (Lipinski definition) is 6. The molecule has 0 spiro atoms. The fourth-order valence-corrected chi connectivity index (χ4v) is 6.42. The predicted octanol–water partition coefficient (Wildman–Crippen LogP) is 9.47. The molecule has 6 heteroatoms. The van der Waals surface area contributed by atoms with Crippen LogP contribution in [0.5, 0.6) is 5.75 Å². The largest absolute Gasteiger partial charge is 0.497 e. The van der Waals surface area contributed by atoms with E-state index in [1.165, 1.54) is 26.7 Å². The first-order valence-corrected chi connectivity index (χ1v) is 15.6. The third-order valence-corrected chi connectivity index (χ3v) is 8.23. The molecule has 40 heavy (non-hydrogen) atoms. The first-order valence-electron chi connectivity index (χ1n) is 14.4. The number of aryl methyl sites for hydroxylation is 2. The summed E-state index contributed by atoms with van der Waals surface area (Å²) in [5, 5.41) is 8.49. The Kier molecular flexibility index (Phi) is 13.2. The molecule has 0 radical (unpaired) electrons. The van der Waals surface area contributed by atoms with E-state index < -0.39 is 0 Å². The number of rotatable bonds is 9. The molecule has 1 atom stereocenters. The van der Waals surface area contributed by atoms with Crippen LogP contribution in [0, 0.1) is 19.3 Å². The molecule has 0 saturated carbocycles. The van der Waals surface area contributed by atoms with Crippen molar-refractivity contribution in [2.24, 2.45) is 4.99 Å². The number of thiol groups is 1. The number of hydrogen-bond donors (Lipinski definition) is 2. The van der Waals surface area contributed by atoms with Gasteiger partial charge < -0.3 is 15.0 Å². The van der Waals surface area contributed by atoms with E-state index in [0.29, 0.717) is 18.7 Å². The van der Waals surface area contributed by atoms with Crippen LogP contribution in [0.3, 0.4) is 0 Å². The van der Waals surface area contributed by atoms with Gasteiger partial charge in [-0.3, -0.25) is 4.99 Å². The lowest BCUT2D eigenvalue weighted by Crippen LogP contribution is -2.30. The van der Waals surface area contributed by atoms with Gasteiger partial charge in [-0.2, -0.15) is 0 Å². The first-order chi connectivity index (χ1) is 19.3. The number of allylic oxidation sites excluding steroid dienone is 2. The Bertz CT molecular complexity index is 1320. The number of nitrogens with zero attached hydrogens (tertiary/aromatic N) is 2. The van der Waals surface area contributed by atoms with Crippen molar-refractivity contribution in [3.63, 3.8) is 0 Å². The fourth-order valence-electron chi connectivity index (χ4n) is 5.11. The lowest BCUT2D eigenvalue weighted by molar-refractivity contribution is 0.413. The van der Waals surface area contributed by atoms with E-state index in [9.17, 15) is 0 Å². The summed E-state index contributed by atoms with van der Waals surface area (Å²) in [6.07, 6.45) is 5.62. The zero-order valence-electron chi connectivity index (χ0n) is 25.8. The van der Waals surface area contributed by atoms with Crippen LogP contribution in [0.4, 0.5) is 5.69 Å². The molecular formula is C34H47N3OS2. The Hall–Kier alpha value is -2.83. The van der Waals surface area contributed by atoms with E-state index in [4.69, 9.17) is 10.1 Å². The Labute approximate surface area is 252 Å². The normalized spacial score (nSPS) is 16.8. The highest BCUT2D eigenvalue weighted by molar-refractivity contribution is 7.80. The molecule has 1 aliphatic heterocycles. The SMILES string of the molecule is CC.CC.CCN1/C(=C\C=NCCC(=N)c2ccc(S)cc2C)C(C)(Cc2ccc(C)s2)c2cc(OC)ccc21. The molecule has 4 nitrogen and oxygen atoms in total. The Balaban J connectivity index is 0.00000134. The maximum atomic E-state index is 8.49. The van der Waals surface area contributed by atoms with Gasteiger partial charge in [-0.25, -0.2) is 0 Å². The summed E-state index contributed by atoms with van der Waals surface area (Å²) >= 11 is 6.26. The minimum absolute atomic E-state index is 0.193. The molecule has 0 saturated heterocycles. The summed E-state index contributed by atoms with van der Waals surface area (Å²) in [4.78, 5) is 10.7. The summed E-state index contributed by atoms with van der Waals surface area (Å²) in [5.41, 5.74) is 6.24. The van der Waals surface area contributed by atoms with Crippen LogP contribution in [0.25, 0.3) is 0 Å². The molecule has 3 aromatic rings. The van der Waals surface area contributed by atoms with Gasteiger partial charge in [0.2, 0.25) is 0 Å². The van der Waals surface area contributed by atoms with Gasteiger partial charge in [0.1, 0.15) is 5.75 Å². The zero-order valence-corrected chi connectivity index (χ0v) is 27.5. The Morgan fingerprint density at radius 3 is 2.40 bits per heavy atom. The molecule has 1 aliphatic rings. The Morgan fingerprint density at radius 1 is 1.07 bits per heavy atom. The molecular weight excluding hydrogens is 531 g/mol. The number of ether oxygens (including phenoxy) is 1. The minimum Gasteiger partial charge on any atom is -0.497 e. The highest BCUT2D eigenvalue weighted by Gasteiger charge is 2.43. The van der Waals surface area contributed by atoms with E-state index in [-0.39, 0.29) is 5.41 Å². The quantitative estimate of drug-likeness (QED) is 0.197. The molecule has 2 heterocycles. The third kappa shape index (κ3) is 7.67. The number of aliphatic imine (C=N–C) groups is 1. The molecule has 1 unspecified atom stereocenters. The van der Waals surface area contributed by atoms with Gasteiger partial charge in [-0.1, -0.05) is 33.8 Å². The van der Waals surface area contributed by atoms with Crippen LogP contribution in [0.15, 0.2) is 70.2 Å². The van der Waals surface area contributed by atoms with Crippen LogP contribution < -0.4 is 9.64 Å². The summed E-state index contributed by atoms with van der Waals surface area (Å²) in [6.45, 7) is 18.2. The molecule has 1 N–H and O–H groups in total. The second-order valence-electron chi connectivity index (χ2n) is 9.48. The minimum atomic E-state index is -0.193. The average Bonchev–Trinajstić information content (AvgIpc) is 3.47. The second kappa shape index (κ2) is 15.8. The average molecular weight is 578 g/mol. The summed E-state index contributed by atoms with van der Waals surface area (Å²) in [7, 11) is 1.73. The van der Waals surface area contributed by atoms with Crippen molar-refractivity contribution in [3.05, 3.63) is 86.7 Å². The fraction of sp³-hybridized carbons (Fsp3) is 0.412. The lowest BCUT2D eigenvalue weighted by Gasteiger charge is -2.29. The number of methoxy groups -OCH3 is 1. The number of thiophene rings is 1. The topological polar surface area (TPSA) is 48.7 Å². The molecule has 0 aliphatic carbocycles. The van der Waals surface area contributed by atoms with Crippen LogP contribution >= 0.6 is 24.0 Å². The van der Waals surface area contributed by atoms with E-state index in [2.05, 4.69) is 73.6 Å². The highest BCUT2D eigenvalue weighted by atomic mass is 32.1. The molecule has 0 bridgehead atoms. The van der Waals surface area contributed by atoms with E-state index >= 15 is 0 Å². The van der Waals surface area contributed by atoms with Crippen molar-refractivity contribution < 1.29 is 4.74 Å². The number of anilines is 1. The van der Waals surface area contributed by atoms with Crippen molar-refractivity contribution in [3.8, 4) is 5.75 Å². The molecule has 216 valence electrons. The van der Waals surface area contributed by atoms with Crippen molar-refractivity contribution in [2.45, 2.75) is 78.5 Å². The molecule has 1 aromatic heterocycles. The molecule has 2 aromatic carbocycles. The monoisotopic (exact) mass is 577 g/mol. The van der Waals surface area contributed by atoms with Gasteiger partial charge in [0.05, 0.1) is 7.11 Å². The number of nitrogens with one attached hydrogen (secondary N) is 1. The van der Waals surface area contributed by atoms with Crippen molar-refractivity contribution >= 4 is 41.6 Å². The van der Waals surface area contributed by atoms with E-state index in [0.717, 1.165) is 34.7 Å². The summed E-state index contributed by atoms with van der Waals surface area (Å²) in [6, 6.07) is 16.8. The summed E-state index contributed by atoms with van der Waals surface area (Å²) < 4.78 is 5.59. The maximum Gasteiger partial charge on any atom is 0.119 e. The van der Waals surface area contributed by atoms with Crippen molar-refractivity contribution in [2.75, 3.05) is 25.1 Å². The molecule has 0 fully saturated rings. The van der Waals surface area contributed by atoms with E-state index in [1.54, 1.807) is 7.11 Å². The third-order valence-electron chi connectivity index (χ3n) is 6.95. The maximum absolute atomic E-state index is 8.49. The predicted molar refractivity (Wildman–Crippen MR) is 180 cm³/mol. The molecule has 4 rings (SSSR count). The van der Waals surface area contributed by atoms with Crippen LogP contribution in [0.2, 0.25) is 0 Å². The standard InChI is InChI=1S/C30H35N3OS2.2C2H6/c1-6-33-28-12-8-22(34-5)18-26(28)30(4,19-24-10-7-21(3)36-24)29(33)14-16-32-15-13-27(31)25-11-9-23(35)17-20(25)2;2*1-2/h7-12,14,16-18,31,35H,6,13,15,19H2,1-5H3;2*1-2H3/b29-14-,31-27?,32-16?;;. The van der Waals surface area contributed by atoms with Gasteiger partial charge >= 0.3 is 0 Å². The van der Waals surface area contributed by atoms with Crippen LogP contribution in [-0.2, 0) is 11.8 Å². The van der Waals surface area contributed by atoms with Gasteiger partial charge in [-0.15, -0.1) is 24.0 Å². The Morgan fingerprint density at radius 2 is 1.80 bits per heavy atom. The number of fused-ring (bicyclic) bond motifs is 1. The number of benzene rings is 2. The smallest absolute Gasteiger partial charge is 0.119 e. The molecule has 0 amide bonds. The second-order valence-corrected chi connectivity index (χ2v) is 11.4. The number of likely N-dealkylation sites (N-methyl/N-ethyl adjacent to an activating group) is 1. The zero-order chi connectivity index (χ0) is 29.9. The van der Waals surface area contributed by atoms with Gasteiger partial charge in [0, 0.05) is 62.9 Å². The van der Waals surface area contributed by atoms with Crippen molar-refractivity contribution in [1.82, 2.24) is 0 Å². The van der Waals surface area contributed by atoms with Crippen molar-refractivity contribution in [1.29, 1.82) is 5.41 Å². The lowest BCUT2D eigenvalue weighted by atomic mass is 9.78. The van der Waals surface area contributed by atoms with E-state index in [1.807, 2.05) is 76.4 Å². The van der Waals surface area contributed by atoms with Crippen LogP contribution in [0.1, 0.15) is 74.4 Å². The highest BCUT2D eigenvalue weighted by Crippen LogP contribution is 2.51.